The zero-order chi connectivity index (χ0) is 21.8. The highest BCUT2D eigenvalue weighted by Crippen LogP contribution is 2.23. The number of aromatic nitrogens is 4. The number of anilines is 2. The number of imidazole rings is 1. The number of nitrogens with one attached hydrogen (secondary N) is 2. The van der Waals surface area contributed by atoms with Gasteiger partial charge in [0.2, 0.25) is 5.88 Å². The molecular formula is C22H19FN6O2. The molecule has 0 fully saturated rings. The van der Waals surface area contributed by atoms with Gasteiger partial charge in [-0.15, -0.1) is 0 Å². The monoisotopic (exact) mass is 418 g/mol. The second-order valence-corrected chi connectivity index (χ2v) is 6.67. The molecule has 9 heteroatoms. The van der Waals surface area contributed by atoms with Crippen molar-refractivity contribution in [3.63, 3.8) is 0 Å². The Kier molecular flexibility index (Phi) is 5.57. The van der Waals surface area contributed by atoms with Gasteiger partial charge in [0.1, 0.15) is 29.0 Å². The van der Waals surface area contributed by atoms with Crippen LogP contribution in [0.5, 0.6) is 11.6 Å². The van der Waals surface area contributed by atoms with Gasteiger partial charge in [0.15, 0.2) is 0 Å². The molecular weight excluding hydrogens is 399 g/mol. The number of halogens is 1. The van der Waals surface area contributed by atoms with E-state index in [4.69, 9.17) is 4.74 Å². The molecule has 0 saturated heterocycles. The van der Waals surface area contributed by atoms with E-state index >= 15 is 0 Å². The minimum atomic E-state index is -0.438. The molecule has 2 aromatic carbocycles. The largest absolute Gasteiger partial charge is 0.439 e. The van der Waals surface area contributed by atoms with E-state index in [0.29, 0.717) is 34.6 Å². The quantitative estimate of drug-likeness (QED) is 0.483. The smallest absolute Gasteiger partial charge is 0.323 e. The van der Waals surface area contributed by atoms with Crippen LogP contribution in [0.2, 0.25) is 0 Å². The molecule has 31 heavy (non-hydrogen) atoms. The maximum atomic E-state index is 12.9. The Hall–Kier alpha value is -4.27. The van der Waals surface area contributed by atoms with Crippen LogP contribution in [0.4, 0.5) is 20.6 Å². The standard InChI is InChI=1S/C22H19FN6O2/c1-14-25-20(29-12-11-24-15(29)2)13-21(26-14)31-19-9-7-18(8-10-19)28-22(30)27-17-5-3-16(23)4-6-17/h3-13H,1-2H3,(H2,27,28,30). The molecule has 4 aromatic rings. The normalized spacial score (nSPS) is 10.5. The van der Waals surface area contributed by atoms with Gasteiger partial charge in [-0.25, -0.2) is 19.2 Å². The van der Waals surface area contributed by atoms with E-state index in [1.54, 1.807) is 43.5 Å². The highest BCUT2D eigenvalue weighted by Gasteiger charge is 2.09. The summed E-state index contributed by atoms with van der Waals surface area (Å²) < 4.78 is 20.6. The number of hydrogen-bond acceptors (Lipinski definition) is 5. The van der Waals surface area contributed by atoms with Crippen LogP contribution in [0, 0.1) is 19.7 Å². The Labute approximate surface area is 177 Å². The number of carbonyl (C=O) groups excluding carboxylic acids is 1. The fourth-order valence-corrected chi connectivity index (χ4v) is 2.87. The molecule has 2 aromatic heterocycles. The van der Waals surface area contributed by atoms with Crippen molar-refractivity contribution in [1.82, 2.24) is 19.5 Å². The summed E-state index contributed by atoms with van der Waals surface area (Å²) in [6.45, 7) is 3.67. The molecule has 0 aliphatic carbocycles. The first-order valence-corrected chi connectivity index (χ1v) is 9.44. The summed E-state index contributed by atoms with van der Waals surface area (Å²) in [5.41, 5.74) is 1.06. The lowest BCUT2D eigenvalue weighted by atomic mass is 10.3. The van der Waals surface area contributed by atoms with Crippen LogP contribution in [0.1, 0.15) is 11.6 Å². The molecule has 156 valence electrons. The summed E-state index contributed by atoms with van der Waals surface area (Å²) >= 11 is 0. The fourth-order valence-electron chi connectivity index (χ4n) is 2.87. The number of benzene rings is 2. The maximum absolute atomic E-state index is 12.9. The van der Waals surface area contributed by atoms with Crippen molar-refractivity contribution in [2.24, 2.45) is 0 Å². The van der Waals surface area contributed by atoms with Crippen molar-refractivity contribution in [2.45, 2.75) is 13.8 Å². The van der Waals surface area contributed by atoms with Gasteiger partial charge in [0.25, 0.3) is 0 Å². The molecule has 0 radical (unpaired) electrons. The Morgan fingerprint density at radius 1 is 0.968 bits per heavy atom. The van der Waals surface area contributed by atoms with E-state index in [2.05, 4.69) is 25.6 Å². The number of urea groups is 1. The molecule has 2 heterocycles. The minimum Gasteiger partial charge on any atom is -0.439 e. The topological polar surface area (TPSA) is 94.0 Å². The molecule has 8 nitrogen and oxygen atoms in total. The SMILES string of the molecule is Cc1nc(Oc2ccc(NC(=O)Nc3ccc(F)cc3)cc2)cc(-n2ccnc2C)n1. The average Bonchev–Trinajstić information content (AvgIpc) is 3.17. The van der Waals surface area contributed by atoms with Crippen molar-refractivity contribution >= 4 is 17.4 Å². The number of hydrogen-bond donors (Lipinski definition) is 2. The fraction of sp³-hybridized carbons (Fsp3) is 0.0909. The zero-order valence-corrected chi connectivity index (χ0v) is 16.8. The Morgan fingerprint density at radius 2 is 1.61 bits per heavy atom. The summed E-state index contributed by atoms with van der Waals surface area (Å²) in [5.74, 6) is 2.61. The Balaban J connectivity index is 1.42. The molecule has 0 atom stereocenters. The van der Waals surface area contributed by atoms with Crippen LogP contribution >= 0.6 is 0 Å². The number of amides is 2. The summed E-state index contributed by atoms with van der Waals surface area (Å²) in [6, 6.07) is 13.6. The number of ether oxygens (including phenoxy) is 1. The molecule has 2 N–H and O–H groups in total. The summed E-state index contributed by atoms with van der Waals surface area (Å²) in [5, 5.41) is 5.33. The third-order valence-electron chi connectivity index (χ3n) is 4.31. The molecule has 4 rings (SSSR count). The van der Waals surface area contributed by atoms with E-state index in [-0.39, 0.29) is 5.82 Å². The van der Waals surface area contributed by atoms with Crippen LogP contribution in [-0.2, 0) is 0 Å². The van der Waals surface area contributed by atoms with E-state index in [1.807, 2.05) is 17.7 Å². The predicted octanol–water partition coefficient (Wildman–Crippen LogP) is 4.85. The average molecular weight is 418 g/mol. The summed E-state index contributed by atoms with van der Waals surface area (Å²) in [4.78, 5) is 25.0. The molecule has 2 amide bonds. The van der Waals surface area contributed by atoms with Crippen molar-refractivity contribution in [2.75, 3.05) is 10.6 Å². The van der Waals surface area contributed by atoms with Crippen LogP contribution in [0.25, 0.3) is 5.82 Å². The first kappa shape index (κ1) is 20.0. The van der Waals surface area contributed by atoms with Crippen LogP contribution in [0.3, 0.4) is 0 Å². The van der Waals surface area contributed by atoms with Gasteiger partial charge in [-0.3, -0.25) is 4.57 Å². The minimum absolute atomic E-state index is 0.368. The Bertz CT molecular complexity index is 1210. The van der Waals surface area contributed by atoms with Gasteiger partial charge in [0, 0.05) is 29.8 Å². The summed E-state index contributed by atoms with van der Waals surface area (Å²) in [7, 11) is 0. The van der Waals surface area contributed by atoms with Crippen molar-refractivity contribution < 1.29 is 13.9 Å². The first-order valence-electron chi connectivity index (χ1n) is 9.44. The van der Waals surface area contributed by atoms with Gasteiger partial charge < -0.3 is 15.4 Å². The van der Waals surface area contributed by atoms with Gasteiger partial charge in [-0.1, -0.05) is 0 Å². The van der Waals surface area contributed by atoms with E-state index in [1.165, 1.54) is 24.3 Å². The number of nitrogens with zero attached hydrogens (tertiary/aromatic N) is 4. The van der Waals surface area contributed by atoms with Crippen molar-refractivity contribution in [3.05, 3.63) is 84.5 Å². The summed E-state index contributed by atoms with van der Waals surface area (Å²) in [6.07, 6.45) is 3.52. The highest BCUT2D eigenvalue weighted by atomic mass is 19.1. The van der Waals surface area contributed by atoms with Crippen molar-refractivity contribution in [3.8, 4) is 17.4 Å². The van der Waals surface area contributed by atoms with Gasteiger partial charge in [0.05, 0.1) is 0 Å². The second-order valence-electron chi connectivity index (χ2n) is 6.67. The zero-order valence-electron chi connectivity index (χ0n) is 16.8. The van der Waals surface area contributed by atoms with E-state index in [0.717, 1.165) is 5.82 Å². The lowest BCUT2D eigenvalue weighted by Crippen LogP contribution is -2.19. The van der Waals surface area contributed by atoms with Crippen molar-refractivity contribution in [1.29, 1.82) is 0 Å². The molecule has 0 spiro atoms. The number of aryl methyl sites for hydroxylation is 2. The molecule has 0 aliphatic heterocycles. The third-order valence-corrected chi connectivity index (χ3v) is 4.31. The lowest BCUT2D eigenvalue weighted by Gasteiger charge is -2.10. The highest BCUT2D eigenvalue weighted by molar-refractivity contribution is 5.99. The Morgan fingerprint density at radius 3 is 2.23 bits per heavy atom. The van der Waals surface area contributed by atoms with Crippen LogP contribution < -0.4 is 15.4 Å². The van der Waals surface area contributed by atoms with Gasteiger partial charge >= 0.3 is 6.03 Å². The molecule has 0 unspecified atom stereocenters. The van der Waals surface area contributed by atoms with Gasteiger partial charge in [-0.2, -0.15) is 4.98 Å². The van der Waals surface area contributed by atoms with E-state index < -0.39 is 6.03 Å². The second kappa shape index (κ2) is 8.62. The third kappa shape index (κ3) is 5.02. The van der Waals surface area contributed by atoms with Gasteiger partial charge in [-0.05, 0) is 62.4 Å². The van der Waals surface area contributed by atoms with Crippen LogP contribution in [-0.4, -0.2) is 25.6 Å². The molecule has 0 saturated carbocycles. The van der Waals surface area contributed by atoms with E-state index in [9.17, 15) is 9.18 Å². The number of rotatable bonds is 5. The lowest BCUT2D eigenvalue weighted by molar-refractivity contribution is 0.262. The molecule has 0 aliphatic rings. The first-order chi connectivity index (χ1) is 15.0. The number of carbonyl (C=O) groups is 1. The maximum Gasteiger partial charge on any atom is 0.323 e. The molecule has 0 bridgehead atoms. The van der Waals surface area contributed by atoms with Crippen LogP contribution in [0.15, 0.2) is 67.0 Å². The predicted molar refractivity (Wildman–Crippen MR) is 114 cm³/mol.